The zero-order valence-electron chi connectivity index (χ0n) is 25.6. The van der Waals surface area contributed by atoms with E-state index >= 15 is 0 Å². The molecule has 0 fully saturated rings. The van der Waals surface area contributed by atoms with Gasteiger partial charge in [-0.25, -0.2) is 19.6 Å². The third kappa shape index (κ3) is 12.2. The van der Waals surface area contributed by atoms with Crippen LogP contribution in [0.5, 0.6) is 5.75 Å². The minimum Gasteiger partial charge on any atom is -0.497 e. The lowest BCUT2D eigenvalue weighted by Gasteiger charge is -2.19. The molecule has 0 saturated heterocycles. The van der Waals surface area contributed by atoms with E-state index in [0.29, 0.717) is 34.8 Å². The first-order chi connectivity index (χ1) is 22.2. The average Bonchev–Trinajstić information content (AvgIpc) is 3.44. The Bertz CT molecular complexity index is 1410. The van der Waals surface area contributed by atoms with Crippen molar-refractivity contribution in [3.63, 3.8) is 0 Å². The van der Waals surface area contributed by atoms with E-state index in [9.17, 15) is 14.2 Å². The summed E-state index contributed by atoms with van der Waals surface area (Å²) in [5.74, 6) is 0.760. The second kappa shape index (κ2) is 19.1. The lowest BCUT2D eigenvalue weighted by molar-refractivity contribution is -0.308. The Hall–Kier alpha value is -3.71. The molecule has 18 nitrogen and oxygen atoms in total. The van der Waals surface area contributed by atoms with Gasteiger partial charge < -0.3 is 38.7 Å². The Labute approximate surface area is 268 Å². The van der Waals surface area contributed by atoms with Crippen LogP contribution in [0.25, 0.3) is 11.2 Å². The quantitative estimate of drug-likeness (QED) is 0.0312. The molecule has 0 amide bonds. The number of anilines is 1. The van der Waals surface area contributed by atoms with Crippen LogP contribution in [-0.2, 0) is 53.9 Å². The molecule has 0 saturated carbocycles. The Morgan fingerprint density at radius 3 is 2.13 bits per heavy atom. The molecule has 2 N–H and O–H groups in total. The summed E-state index contributed by atoms with van der Waals surface area (Å²) in [6, 6.07) is 7.41. The minimum atomic E-state index is -4.35. The lowest BCUT2D eigenvalue weighted by atomic mass is 10.3. The van der Waals surface area contributed by atoms with Gasteiger partial charge in [0.15, 0.2) is 12.0 Å². The molecule has 0 radical (unpaired) electrons. The molecule has 20 heteroatoms. The maximum absolute atomic E-state index is 13.2. The van der Waals surface area contributed by atoms with Crippen molar-refractivity contribution in [2.45, 2.75) is 56.2 Å². The predicted molar refractivity (Wildman–Crippen MR) is 159 cm³/mol. The Morgan fingerprint density at radius 2 is 1.57 bits per heavy atom. The largest absolute Gasteiger partial charge is 0.510 e. The fraction of sp³-hybridized carbons (Fsp3) is 0.500. The molecule has 1 unspecified atom stereocenters. The summed E-state index contributed by atoms with van der Waals surface area (Å²) >= 11 is 1.36. The SMILES string of the molecule is CCCOC(=O)OCOOP(=O)(COC(C)Cn1cnc2c(Sc3ccc(OC)cc3)nc(N)nc21)OOCOC(=O)OCCC. The molecule has 2 aromatic heterocycles. The zero-order valence-corrected chi connectivity index (χ0v) is 27.4. The van der Waals surface area contributed by atoms with E-state index in [2.05, 4.69) is 24.4 Å². The van der Waals surface area contributed by atoms with Crippen LogP contribution < -0.4 is 10.5 Å². The average molecular weight is 690 g/mol. The van der Waals surface area contributed by atoms with Gasteiger partial charge in [0.05, 0.1) is 39.3 Å². The van der Waals surface area contributed by atoms with E-state index in [1.165, 1.54) is 11.8 Å². The van der Waals surface area contributed by atoms with Gasteiger partial charge in [-0.1, -0.05) is 25.6 Å². The van der Waals surface area contributed by atoms with Crippen LogP contribution in [0.1, 0.15) is 33.6 Å². The number of ether oxygens (including phenoxy) is 6. The summed E-state index contributed by atoms with van der Waals surface area (Å²) in [5, 5.41) is 0.544. The van der Waals surface area contributed by atoms with Crippen molar-refractivity contribution in [1.29, 1.82) is 0 Å². The number of fused-ring (bicyclic) bond motifs is 1. The number of hydrogen-bond donors (Lipinski definition) is 1. The highest BCUT2D eigenvalue weighted by molar-refractivity contribution is 7.99. The summed E-state index contributed by atoms with van der Waals surface area (Å²) in [4.78, 5) is 46.4. The molecule has 254 valence electrons. The molecule has 0 aliphatic heterocycles. The van der Waals surface area contributed by atoms with Crippen molar-refractivity contribution in [3.8, 4) is 5.75 Å². The summed E-state index contributed by atoms with van der Waals surface area (Å²) in [6.45, 7) is 4.15. The van der Waals surface area contributed by atoms with Crippen molar-refractivity contribution >= 4 is 48.8 Å². The van der Waals surface area contributed by atoms with E-state index < -0.39 is 45.9 Å². The number of nitrogens with zero attached hydrogens (tertiary/aromatic N) is 4. The topological polar surface area (TPSA) is 213 Å². The number of aromatic nitrogens is 4. The number of hydrogen-bond acceptors (Lipinski definition) is 18. The molecule has 46 heavy (non-hydrogen) atoms. The molecule has 2 heterocycles. The molecule has 0 aliphatic carbocycles. The third-order valence-electron chi connectivity index (χ3n) is 5.32. The highest BCUT2D eigenvalue weighted by atomic mass is 32.2. The second-order valence-corrected chi connectivity index (χ2v) is 11.9. The molecular formula is C26H36N5O13PS. The van der Waals surface area contributed by atoms with Gasteiger partial charge >= 0.3 is 19.9 Å². The molecule has 1 atom stereocenters. The molecular weight excluding hydrogens is 653 g/mol. The van der Waals surface area contributed by atoms with Crippen molar-refractivity contribution in [1.82, 2.24) is 19.5 Å². The van der Waals surface area contributed by atoms with Crippen molar-refractivity contribution in [2.75, 3.05) is 46.0 Å². The standard InChI is InChI=1S/C26H36N5O13PS/c1-5-11-36-25(32)38-15-41-43-45(34,44-42-16-39-26(33)37-12-6-2)17-40-18(3)13-31-14-28-21-22(31)29-24(27)30-23(21)46-20-9-7-19(35-4)8-10-20/h7-10,14,18H,5-6,11-13,15-17H2,1-4H3,(H2,27,29,30). The molecule has 1 aromatic carbocycles. The van der Waals surface area contributed by atoms with Crippen LogP contribution in [0, 0.1) is 0 Å². The second-order valence-electron chi connectivity index (χ2n) is 9.06. The van der Waals surface area contributed by atoms with Crippen LogP contribution in [0.3, 0.4) is 0 Å². The number of carbonyl (C=O) groups is 2. The van der Waals surface area contributed by atoms with E-state index in [1.54, 1.807) is 38.8 Å². The van der Waals surface area contributed by atoms with E-state index in [-0.39, 0.29) is 25.7 Å². The van der Waals surface area contributed by atoms with Crippen LogP contribution in [0.15, 0.2) is 40.5 Å². The zero-order chi connectivity index (χ0) is 33.4. The van der Waals surface area contributed by atoms with Crippen LogP contribution in [-0.4, -0.2) is 78.2 Å². The Balaban J connectivity index is 1.61. The normalized spacial score (nSPS) is 12.1. The van der Waals surface area contributed by atoms with Gasteiger partial charge in [-0.05, 0) is 44.0 Å². The molecule has 3 aromatic rings. The Morgan fingerprint density at radius 1 is 0.957 bits per heavy atom. The van der Waals surface area contributed by atoms with Gasteiger partial charge in [-0.15, -0.1) is 9.35 Å². The van der Waals surface area contributed by atoms with Gasteiger partial charge in [0.25, 0.3) is 0 Å². The van der Waals surface area contributed by atoms with Crippen molar-refractivity contribution < 1.29 is 61.7 Å². The summed E-state index contributed by atoms with van der Waals surface area (Å²) in [7, 11) is -2.76. The predicted octanol–water partition coefficient (Wildman–Crippen LogP) is 5.06. The van der Waals surface area contributed by atoms with Gasteiger partial charge in [0.1, 0.15) is 16.3 Å². The number of carbonyl (C=O) groups excluding carboxylic acids is 2. The summed E-state index contributed by atoms with van der Waals surface area (Å²) < 4.78 is 54.2. The smallest absolute Gasteiger partial charge is 0.497 e. The first-order valence-corrected chi connectivity index (χ1v) is 16.4. The monoisotopic (exact) mass is 689 g/mol. The van der Waals surface area contributed by atoms with Gasteiger partial charge in [0.2, 0.25) is 19.5 Å². The summed E-state index contributed by atoms with van der Waals surface area (Å²) in [5.41, 5.74) is 6.95. The number of imidazole rings is 1. The van der Waals surface area contributed by atoms with Gasteiger partial charge in [-0.3, -0.25) is 4.57 Å². The fourth-order valence-corrected chi connectivity index (χ4v) is 5.13. The minimum absolute atomic E-state index is 0.0426. The number of nitrogen functional groups attached to an aromatic ring is 1. The third-order valence-corrected chi connectivity index (χ3v) is 7.44. The highest BCUT2D eigenvalue weighted by Gasteiger charge is 2.31. The first-order valence-electron chi connectivity index (χ1n) is 13.9. The molecule has 0 aliphatic rings. The van der Waals surface area contributed by atoms with Crippen LogP contribution in [0.2, 0.25) is 0 Å². The van der Waals surface area contributed by atoms with E-state index in [0.717, 1.165) is 4.90 Å². The fourth-order valence-electron chi connectivity index (χ4n) is 3.30. The van der Waals surface area contributed by atoms with Crippen LogP contribution in [0.4, 0.5) is 15.5 Å². The number of methoxy groups -OCH3 is 1. The van der Waals surface area contributed by atoms with Crippen molar-refractivity contribution in [2.24, 2.45) is 0 Å². The van der Waals surface area contributed by atoms with E-state index in [4.69, 9.17) is 43.8 Å². The number of nitrogens with two attached hydrogens (primary N) is 1. The molecule has 3 rings (SSSR count). The van der Waals surface area contributed by atoms with Crippen LogP contribution >= 0.6 is 19.4 Å². The van der Waals surface area contributed by atoms with E-state index in [1.807, 2.05) is 24.3 Å². The number of benzene rings is 1. The van der Waals surface area contributed by atoms with Crippen molar-refractivity contribution in [3.05, 3.63) is 30.6 Å². The molecule has 0 spiro atoms. The Kier molecular flexibility index (Phi) is 15.2. The van der Waals surface area contributed by atoms with Gasteiger partial charge in [-0.2, -0.15) is 14.8 Å². The first kappa shape index (κ1) is 36.8. The summed E-state index contributed by atoms with van der Waals surface area (Å²) in [6.07, 6.45) is -0.679. The maximum atomic E-state index is 13.2. The molecule has 0 bridgehead atoms. The number of rotatable bonds is 20. The maximum Gasteiger partial charge on any atom is 0.510 e. The highest BCUT2D eigenvalue weighted by Crippen LogP contribution is 2.49. The van der Waals surface area contributed by atoms with Gasteiger partial charge in [0, 0.05) is 4.90 Å². The lowest BCUT2D eigenvalue weighted by Crippen LogP contribution is -2.19.